The summed E-state index contributed by atoms with van der Waals surface area (Å²) in [5.41, 5.74) is 3.60. The Balaban J connectivity index is 1.97. The quantitative estimate of drug-likeness (QED) is 0.362. The highest BCUT2D eigenvalue weighted by molar-refractivity contribution is 6.00. The van der Waals surface area contributed by atoms with Crippen LogP contribution in [-0.2, 0) is 19.1 Å². The molecule has 1 heterocycles. The van der Waals surface area contributed by atoms with Gasteiger partial charge in [-0.2, -0.15) is 0 Å². The number of esters is 2. The molecule has 0 saturated heterocycles. The fraction of sp³-hybridized carbons (Fsp3) is 0.231. The van der Waals surface area contributed by atoms with E-state index in [1.165, 1.54) is 25.3 Å². The number of nitrogens with one attached hydrogen (secondary N) is 1. The van der Waals surface area contributed by atoms with Gasteiger partial charge in [0.05, 0.1) is 29.1 Å². The van der Waals surface area contributed by atoms with Gasteiger partial charge in [-0.3, -0.25) is 10.1 Å². The van der Waals surface area contributed by atoms with Crippen LogP contribution in [0.3, 0.4) is 0 Å². The van der Waals surface area contributed by atoms with Gasteiger partial charge in [0.2, 0.25) is 0 Å². The van der Waals surface area contributed by atoms with E-state index in [1.54, 1.807) is 26.0 Å². The maximum absolute atomic E-state index is 13.2. The van der Waals surface area contributed by atoms with Gasteiger partial charge < -0.3 is 14.8 Å². The van der Waals surface area contributed by atoms with Crippen LogP contribution in [0.2, 0.25) is 0 Å². The third-order valence-electron chi connectivity index (χ3n) is 5.63. The molecule has 0 saturated carbocycles. The highest BCUT2D eigenvalue weighted by Crippen LogP contribution is 2.40. The van der Waals surface area contributed by atoms with E-state index in [9.17, 15) is 19.7 Å². The van der Waals surface area contributed by atoms with Crippen LogP contribution >= 0.6 is 0 Å². The van der Waals surface area contributed by atoms with Crippen molar-refractivity contribution < 1.29 is 24.0 Å². The Morgan fingerprint density at radius 3 is 2.29 bits per heavy atom. The van der Waals surface area contributed by atoms with E-state index < -0.39 is 22.8 Å². The van der Waals surface area contributed by atoms with Crippen molar-refractivity contribution in [2.75, 3.05) is 13.7 Å². The first-order valence-electron chi connectivity index (χ1n) is 10.6. The maximum atomic E-state index is 13.2. The summed E-state index contributed by atoms with van der Waals surface area (Å²) in [6.07, 6.45) is 1.80. The van der Waals surface area contributed by atoms with E-state index in [-0.39, 0.29) is 23.4 Å². The molecular weight excluding hydrogens is 436 g/mol. The van der Waals surface area contributed by atoms with E-state index in [2.05, 4.69) is 5.32 Å². The van der Waals surface area contributed by atoms with Gasteiger partial charge in [0.15, 0.2) is 0 Å². The molecule has 8 nitrogen and oxygen atoms in total. The first-order valence-corrected chi connectivity index (χ1v) is 10.6. The molecule has 0 radical (unpaired) electrons. The van der Waals surface area contributed by atoms with Crippen molar-refractivity contribution >= 4 is 23.2 Å². The van der Waals surface area contributed by atoms with Gasteiger partial charge >= 0.3 is 11.9 Å². The molecule has 34 heavy (non-hydrogen) atoms. The zero-order valence-corrected chi connectivity index (χ0v) is 19.5. The summed E-state index contributed by atoms with van der Waals surface area (Å²) in [5.74, 6) is -2.16. The number of dihydropyridines is 1. The average Bonchev–Trinajstić information content (AvgIpc) is 2.83. The number of carbonyl (C=O) groups is 2. The van der Waals surface area contributed by atoms with Crippen molar-refractivity contribution in [1.29, 1.82) is 0 Å². The third-order valence-corrected chi connectivity index (χ3v) is 5.63. The molecule has 1 aliphatic rings. The fourth-order valence-electron chi connectivity index (χ4n) is 3.94. The summed E-state index contributed by atoms with van der Waals surface area (Å²) in [6, 6.07) is 15.5. The van der Waals surface area contributed by atoms with Crippen LogP contribution < -0.4 is 5.32 Å². The molecule has 0 bridgehead atoms. The minimum atomic E-state index is -0.889. The molecular formula is C26H26N2O6. The first-order chi connectivity index (χ1) is 16.2. The second kappa shape index (κ2) is 10.6. The zero-order valence-electron chi connectivity index (χ0n) is 19.5. The van der Waals surface area contributed by atoms with Gasteiger partial charge in [0.1, 0.15) is 6.61 Å². The van der Waals surface area contributed by atoms with Crippen LogP contribution in [0.5, 0.6) is 0 Å². The Bertz CT molecular complexity index is 1210. The van der Waals surface area contributed by atoms with Gasteiger partial charge in [-0.05, 0) is 43.5 Å². The van der Waals surface area contributed by atoms with Crippen molar-refractivity contribution in [3.05, 3.63) is 104 Å². The van der Waals surface area contributed by atoms with Crippen molar-refractivity contribution in [2.24, 2.45) is 0 Å². The number of hydrogen-bond acceptors (Lipinski definition) is 7. The van der Waals surface area contributed by atoms with Crippen molar-refractivity contribution in [3.63, 3.8) is 0 Å². The van der Waals surface area contributed by atoms with Gasteiger partial charge in [-0.25, -0.2) is 9.59 Å². The first kappa shape index (κ1) is 24.4. The van der Waals surface area contributed by atoms with Crippen LogP contribution in [0.1, 0.15) is 37.8 Å². The Kier molecular flexibility index (Phi) is 7.63. The van der Waals surface area contributed by atoms with Gasteiger partial charge in [0.25, 0.3) is 5.69 Å². The molecule has 1 atom stereocenters. The van der Waals surface area contributed by atoms with E-state index in [0.29, 0.717) is 17.0 Å². The van der Waals surface area contributed by atoms with Crippen molar-refractivity contribution in [2.45, 2.75) is 26.7 Å². The highest BCUT2D eigenvalue weighted by atomic mass is 16.6. The predicted octanol–water partition coefficient (Wildman–Crippen LogP) is 4.65. The molecule has 176 valence electrons. The summed E-state index contributed by atoms with van der Waals surface area (Å²) >= 11 is 0. The Morgan fingerprint density at radius 1 is 1.03 bits per heavy atom. The lowest BCUT2D eigenvalue weighted by Crippen LogP contribution is -2.32. The summed E-state index contributed by atoms with van der Waals surface area (Å²) < 4.78 is 10.5. The van der Waals surface area contributed by atoms with Gasteiger partial charge in [-0.15, -0.1) is 0 Å². The van der Waals surface area contributed by atoms with Crippen LogP contribution in [-0.4, -0.2) is 30.6 Å². The Labute approximate surface area is 197 Å². The number of carbonyl (C=O) groups excluding carboxylic acids is 2. The highest BCUT2D eigenvalue weighted by Gasteiger charge is 2.38. The van der Waals surface area contributed by atoms with E-state index in [0.717, 1.165) is 11.1 Å². The number of non-ortho nitro benzene ring substituents is 1. The number of methoxy groups -OCH3 is 1. The molecule has 3 rings (SSSR count). The number of nitro groups is 1. The van der Waals surface area contributed by atoms with Gasteiger partial charge in [-0.1, -0.05) is 42.5 Å². The SMILES string of the molecule is COC(=O)C1=C(C)NC(C)=C(C(=O)OCC=C(C)c2ccccc2)C1c1cccc([N+](=O)[O-])c1. The molecule has 0 aliphatic carbocycles. The lowest BCUT2D eigenvalue weighted by molar-refractivity contribution is -0.384. The molecule has 8 heteroatoms. The second-order valence-corrected chi connectivity index (χ2v) is 7.83. The predicted molar refractivity (Wildman–Crippen MR) is 127 cm³/mol. The largest absolute Gasteiger partial charge is 0.466 e. The monoisotopic (exact) mass is 462 g/mol. The Morgan fingerprint density at radius 2 is 1.68 bits per heavy atom. The second-order valence-electron chi connectivity index (χ2n) is 7.83. The van der Waals surface area contributed by atoms with E-state index in [1.807, 2.05) is 37.3 Å². The summed E-state index contributed by atoms with van der Waals surface area (Å²) in [7, 11) is 1.24. The van der Waals surface area contributed by atoms with Crippen molar-refractivity contribution in [1.82, 2.24) is 5.32 Å². The van der Waals surface area contributed by atoms with Crippen LogP contribution in [0, 0.1) is 10.1 Å². The summed E-state index contributed by atoms with van der Waals surface area (Å²) in [6.45, 7) is 5.33. The molecule has 0 aromatic heterocycles. The lowest BCUT2D eigenvalue weighted by Gasteiger charge is -2.30. The van der Waals surface area contributed by atoms with Gasteiger partial charge in [0, 0.05) is 23.5 Å². The smallest absolute Gasteiger partial charge is 0.337 e. The van der Waals surface area contributed by atoms with Crippen LogP contribution in [0.25, 0.3) is 5.57 Å². The third kappa shape index (κ3) is 5.23. The number of nitro benzene ring substituents is 1. The molecule has 2 aromatic rings. The maximum Gasteiger partial charge on any atom is 0.337 e. The van der Waals surface area contributed by atoms with Crippen molar-refractivity contribution in [3.8, 4) is 0 Å². The zero-order chi connectivity index (χ0) is 24.8. The molecule has 1 aliphatic heterocycles. The molecule has 2 aromatic carbocycles. The topological polar surface area (TPSA) is 108 Å². The average molecular weight is 463 g/mol. The summed E-state index contributed by atoms with van der Waals surface area (Å²) in [4.78, 5) is 36.7. The number of rotatable bonds is 7. The molecule has 1 unspecified atom stereocenters. The standard InChI is InChI=1S/C26H26N2O6/c1-16(19-9-6-5-7-10-19)13-14-34-26(30)23-18(3)27-17(2)22(25(29)33-4)24(23)20-11-8-12-21(15-20)28(31)32/h5-13,15,24,27H,14H2,1-4H3. The van der Waals surface area contributed by atoms with Crippen LogP contribution in [0.15, 0.2) is 83.2 Å². The number of nitrogens with zero attached hydrogens (tertiary/aromatic N) is 1. The number of allylic oxidation sites excluding steroid dienone is 3. The fourth-order valence-corrected chi connectivity index (χ4v) is 3.94. The number of hydrogen-bond donors (Lipinski definition) is 1. The molecule has 1 N–H and O–H groups in total. The molecule has 0 fully saturated rings. The van der Waals surface area contributed by atoms with E-state index in [4.69, 9.17) is 9.47 Å². The molecule has 0 amide bonds. The normalized spacial score (nSPS) is 16.1. The number of benzene rings is 2. The number of ether oxygens (including phenoxy) is 2. The minimum Gasteiger partial charge on any atom is -0.466 e. The lowest BCUT2D eigenvalue weighted by atomic mass is 9.80. The molecule has 0 spiro atoms. The summed E-state index contributed by atoms with van der Waals surface area (Å²) in [5, 5.41) is 14.4. The Hall–Kier alpha value is -4.20. The van der Waals surface area contributed by atoms with Crippen LogP contribution in [0.4, 0.5) is 5.69 Å². The van der Waals surface area contributed by atoms with E-state index >= 15 is 0 Å². The minimum absolute atomic E-state index is 0.0221.